The van der Waals surface area contributed by atoms with Gasteiger partial charge in [0.05, 0.1) is 0 Å². The van der Waals surface area contributed by atoms with Crippen LogP contribution < -0.4 is 0 Å². The Morgan fingerprint density at radius 3 is 0.979 bits per heavy atom. The van der Waals surface area contributed by atoms with Gasteiger partial charge in [0.2, 0.25) is 0 Å². The number of hydrogen-bond acceptors (Lipinski definition) is 2. The van der Waals surface area contributed by atoms with Gasteiger partial charge in [-0.2, -0.15) is 0 Å². The highest BCUT2D eigenvalue weighted by molar-refractivity contribution is 5.97. The lowest BCUT2D eigenvalue weighted by molar-refractivity contribution is 0.0748. The van der Waals surface area contributed by atoms with E-state index in [1.54, 1.807) is 0 Å². The maximum Gasteiger partial charge on any atom is 0.141 e. The van der Waals surface area contributed by atoms with E-state index in [0.29, 0.717) is 22.3 Å². The predicted octanol–water partition coefficient (Wildman–Crippen LogP) is 10.2. The van der Waals surface area contributed by atoms with Crippen LogP contribution >= 0.6 is 0 Å². The first-order valence-corrected chi connectivity index (χ1v) is 16.4. The highest BCUT2D eigenvalue weighted by atomic mass is 16.3. The van der Waals surface area contributed by atoms with Crippen molar-refractivity contribution in [2.45, 2.75) is 11.2 Å². The van der Waals surface area contributed by atoms with Gasteiger partial charge in [0.1, 0.15) is 11.2 Å². The molecular weight excluding hydrogens is 585 g/mol. The summed E-state index contributed by atoms with van der Waals surface area (Å²) in [6.45, 7) is 0. The van der Waals surface area contributed by atoms with Crippen LogP contribution in [-0.4, -0.2) is 10.2 Å². The Morgan fingerprint density at radius 2 is 0.604 bits per heavy atom. The zero-order valence-corrected chi connectivity index (χ0v) is 26.2. The Kier molecular flexibility index (Phi) is 6.45. The molecule has 0 spiro atoms. The van der Waals surface area contributed by atoms with Crippen molar-refractivity contribution in [3.05, 3.63) is 215 Å². The molecule has 8 aromatic carbocycles. The van der Waals surface area contributed by atoms with Gasteiger partial charge in [0, 0.05) is 0 Å². The summed E-state index contributed by atoms with van der Waals surface area (Å²) in [5, 5.41) is 30.6. The van der Waals surface area contributed by atoms with Gasteiger partial charge >= 0.3 is 0 Å². The van der Waals surface area contributed by atoms with Crippen LogP contribution in [0.2, 0.25) is 0 Å². The lowest BCUT2D eigenvalue weighted by atomic mass is 9.63. The second kappa shape index (κ2) is 10.9. The van der Waals surface area contributed by atoms with Crippen molar-refractivity contribution in [1.82, 2.24) is 0 Å². The fourth-order valence-electron chi connectivity index (χ4n) is 7.88. The number of benzene rings is 8. The molecule has 2 N–H and O–H groups in total. The second-order valence-corrected chi connectivity index (χ2v) is 12.7. The van der Waals surface area contributed by atoms with Crippen LogP contribution in [0.15, 0.2) is 182 Å². The van der Waals surface area contributed by atoms with Gasteiger partial charge in [0.15, 0.2) is 0 Å². The zero-order chi connectivity index (χ0) is 32.3. The number of hydrogen-bond donors (Lipinski definition) is 2. The van der Waals surface area contributed by atoms with Crippen LogP contribution in [0.3, 0.4) is 0 Å². The van der Waals surface area contributed by atoms with Gasteiger partial charge in [-0.25, -0.2) is 0 Å². The molecule has 0 bridgehead atoms. The highest BCUT2D eigenvalue weighted by Gasteiger charge is 2.50. The van der Waals surface area contributed by atoms with Crippen molar-refractivity contribution in [1.29, 1.82) is 0 Å². The first kappa shape index (κ1) is 28.4. The molecule has 2 heteroatoms. The van der Waals surface area contributed by atoms with Crippen LogP contribution in [0, 0.1) is 0 Å². The molecule has 8 aromatic rings. The maximum absolute atomic E-state index is 12.9. The van der Waals surface area contributed by atoms with Crippen LogP contribution in [0.1, 0.15) is 33.4 Å². The minimum atomic E-state index is -1.47. The van der Waals surface area contributed by atoms with Crippen molar-refractivity contribution in [3.63, 3.8) is 0 Å². The molecule has 0 radical (unpaired) electrons. The standard InChI is InChI=1S/C46H32O2/c47-45(35-27-23-33(24-28-35)39-17-9-13-31-11-1-3-15-37(31)39)41-19-5-7-21-43(41)46(48,44-22-8-6-20-42(44)45)36-29-25-34(26-30-36)40-18-10-14-32-12-2-4-16-38(32)40/h1-30,47-48H. The molecule has 0 saturated heterocycles. The van der Waals surface area contributed by atoms with Crippen molar-refractivity contribution in [3.8, 4) is 22.3 Å². The smallest absolute Gasteiger partial charge is 0.141 e. The van der Waals surface area contributed by atoms with E-state index in [1.165, 1.54) is 21.5 Å². The SMILES string of the molecule is OC1(c2ccc(-c3cccc4ccccc34)cc2)c2ccccc2C(O)(c2ccc(-c3cccc4ccccc34)cc2)c2ccccc21. The minimum absolute atomic E-state index is 0.669. The molecule has 48 heavy (non-hydrogen) atoms. The van der Waals surface area contributed by atoms with E-state index >= 15 is 0 Å². The second-order valence-electron chi connectivity index (χ2n) is 12.7. The summed E-state index contributed by atoms with van der Waals surface area (Å²) >= 11 is 0. The van der Waals surface area contributed by atoms with E-state index in [2.05, 4.69) is 109 Å². The van der Waals surface area contributed by atoms with E-state index in [0.717, 1.165) is 33.4 Å². The molecule has 0 aliphatic heterocycles. The Morgan fingerprint density at radius 1 is 0.292 bits per heavy atom. The average Bonchev–Trinajstić information content (AvgIpc) is 3.17. The fraction of sp³-hybridized carbons (Fsp3) is 0.0435. The fourth-order valence-corrected chi connectivity index (χ4v) is 7.88. The van der Waals surface area contributed by atoms with Crippen molar-refractivity contribution in [2.24, 2.45) is 0 Å². The van der Waals surface area contributed by atoms with Crippen LogP contribution in [-0.2, 0) is 11.2 Å². The Labute approximate surface area is 279 Å². The highest BCUT2D eigenvalue weighted by Crippen LogP contribution is 2.53. The summed E-state index contributed by atoms with van der Waals surface area (Å²) in [5.74, 6) is 0. The van der Waals surface area contributed by atoms with Crippen LogP contribution in [0.5, 0.6) is 0 Å². The normalized spacial score (nSPS) is 18.4. The van der Waals surface area contributed by atoms with E-state index in [1.807, 2.05) is 72.8 Å². The third-order valence-electron chi connectivity index (χ3n) is 10.2. The van der Waals surface area contributed by atoms with Gasteiger partial charge in [-0.05, 0) is 77.2 Å². The molecule has 0 fully saturated rings. The van der Waals surface area contributed by atoms with Gasteiger partial charge in [-0.15, -0.1) is 0 Å². The first-order valence-electron chi connectivity index (χ1n) is 16.4. The van der Waals surface area contributed by atoms with Crippen molar-refractivity contribution in [2.75, 3.05) is 0 Å². The largest absolute Gasteiger partial charge is 0.376 e. The van der Waals surface area contributed by atoms with Crippen LogP contribution in [0.25, 0.3) is 43.8 Å². The first-order chi connectivity index (χ1) is 23.6. The quantitative estimate of drug-likeness (QED) is 0.207. The van der Waals surface area contributed by atoms with E-state index in [4.69, 9.17) is 0 Å². The monoisotopic (exact) mass is 616 g/mol. The van der Waals surface area contributed by atoms with Gasteiger partial charge in [-0.3, -0.25) is 0 Å². The van der Waals surface area contributed by atoms with E-state index in [9.17, 15) is 10.2 Å². The summed E-state index contributed by atoms with van der Waals surface area (Å²) in [5.41, 5.74) is 5.70. The van der Waals surface area contributed by atoms with E-state index in [-0.39, 0.29) is 0 Å². The molecule has 1 aliphatic carbocycles. The molecule has 0 unspecified atom stereocenters. The third kappa shape index (κ3) is 4.14. The molecule has 0 heterocycles. The summed E-state index contributed by atoms with van der Waals surface area (Å²) in [7, 11) is 0. The van der Waals surface area contributed by atoms with Gasteiger partial charge in [-0.1, -0.05) is 182 Å². The molecule has 0 aromatic heterocycles. The van der Waals surface area contributed by atoms with Gasteiger partial charge < -0.3 is 10.2 Å². The summed E-state index contributed by atoms with van der Waals surface area (Å²) in [6, 6.07) is 61.5. The summed E-state index contributed by atoms with van der Waals surface area (Å²) < 4.78 is 0. The van der Waals surface area contributed by atoms with Crippen molar-refractivity contribution < 1.29 is 10.2 Å². The molecule has 0 saturated carbocycles. The topological polar surface area (TPSA) is 40.5 Å². The lowest BCUT2D eigenvalue weighted by Crippen LogP contribution is -2.44. The Balaban J connectivity index is 1.17. The maximum atomic E-state index is 12.9. The third-order valence-corrected chi connectivity index (χ3v) is 10.2. The minimum Gasteiger partial charge on any atom is -0.376 e. The van der Waals surface area contributed by atoms with Crippen molar-refractivity contribution >= 4 is 21.5 Å². The molecule has 228 valence electrons. The molecule has 0 amide bonds. The zero-order valence-electron chi connectivity index (χ0n) is 26.2. The number of fused-ring (bicyclic) bond motifs is 4. The molecule has 2 nitrogen and oxygen atoms in total. The number of aliphatic hydroxyl groups is 2. The lowest BCUT2D eigenvalue weighted by Gasteiger charge is -2.45. The summed E-state index contributed by atoms with van der Waals surface area (Å²) in [6.07, 6.45) is 0. The average molecular weight is 617 g/mol. The summed E-state index contributed by atoms with van der Waals surface area (Å²) in [4.78, 5) is 0. The van der Waals surface area contributed by atoms with Gasteiger partial charge in [0.25, 0.3) is 0 Å². The Bertz CT molecular complexity index is 2240. The molecule has 0 atom stereocenters. The molecule has 9 rings (SSSR count). The predicted molar refractivity (Wildman–Crippen MR) is 196 cm³/mol. The van der Waals surface area contributed by atoms with Crippen LogP contribution in [0.4, 0.5) is 0 Å². The molecular formula is C46H32O2. The Hall–Kier alpha value is -5.80. The molecule has 1 aliphatic rings. The van der Waals surface area contributed by atoms with E-state index < -0.39 is 11.2 Å². The number of rotatable bonds is 4.